The molecule has 174 valence electrons. The van der Waals surface area contributed by atoms with Crippen LogP contribution in [0.25, 0.3) is 11.0 Å². The lowest BCUT2D eigenvalue weighted by Crippen LogP contribution is -2.20. The Morgan fingerprint density at radius 1 is 1.12 bits per heavy atom. The second-order valence-electron chi connectivity index (χ2n) is 7.56. The van der Waals surface area contributed by atoms with Crippen molar-refractivity contribution in [1.82, 2.24) is 15.0 Å². The second kappa shape index (κ2) is 11.7. The fourth-order valence-corrected chi connectivity index (χ4v) is 4.33. The summed E-state index contributed by atoms with van der Waals surface area (Å²) < 4.78 is 7.65. The molecule has 3 aromatic carbocycles. The Balaban J connectivity index is 1.38. The largest absolute Gasteiger partial charge is 0.494 e. The van der Waals surface area contributed by atoms with E-state index in [1.54, 1.807) is 6.21 Å². The molecule has 0 unspecified atom stereocenters. The Hall–Kier alpha value is -3.29. The molecule has 4 rings (SSSR count). The number of carbonyl (C=O) groups excluding carboxylic acids is 1. The molecule has 4 aromatic rings. The number of hydrazone groups is 1. The zero-order valence-corrected chi connectivity index (χ0v) is 20.4. The summed E-state index contributed by atoms with van der Waals surface area (Å²) in [5.41, 5.74) is 6.32. The van der Waals surface area contributed by atoms with Crippen LogP contribution < -0.4 is 10.2 Å². The van der Waals surface area contributed by atoms with Gasteiger partial charge in [-0.05, 0) is 60.0 Å². The molecule has 0 aliphatic rings. The van der Waals surface area contributed by atoms with Crippen LogP contribution in [0.15, 0.2) is 83.1 Å². The number of aromatic nitrogens is 2. The SMILES string of the molecule is CCCOc1ccc(/C=N/NC(=O)CSc2nc3ccccc3n2Cc2ccccc2Cl)cc1. The number of thioether (sulfide) groups is 1. The van der Waals surface area contributed by atoms with E-state index in [1.165, 1.54) is 11.8 Å². The maximum Gasteiger partial charge on any atom is 0.250 e. The molecule has 0 saturated carbocycles. The fourth-order valence-electron chi connectivity index (χ4n) is 3.32. The van der Waals surface area contributed by atoms with Crippen LogP contribution in [-0.2, 0) is 11.3 Å². The van der Waals surface area contributed by atoms with E-state index in [4.69, 9.17) is 21.3 Å². The van der Waals surface area contributed by atoms with Gasteiger partial charge in [-0.3, -0.25) is 4.79 Å². The summed E-state index contributed by atoms with van der Waals surface area (Å²) in [4.78, 5) is 17.1. The Labute approximate surface area is 208 Å². The van der Waals surface area contributed by atoms with E-state index in [-0.39, 0.29) is 11.7 Å². The number of carbonyl (C=O) groups is 1. The van der Waals surface area contributed by atoms with E-state index in [2.05, 4.69) is 22.0 Å². The van der Waals surface area contributed by atoms with Crippen LogP contribution in [0.2, 0.25) is 5.02 Å². The minimum absolute atomic E-state index is 0.187. The van der Waals surface area contributed by atoms with Gasteiger partial charge in [0.15, 0.2) is 5.16 Å². The molecule has 0 bridgehead atoms. The Morgan fingerprint density at radius 2 is 1.88 bits per heavy atom. The lowest BCUT2D eigenvalue weighted by atomic mass is 10.2. The lowest BCUT2D eigenvalue weighted by molar-refractivity contribution is -0.118. The van der Waals surface area contributed by atoms with Crippen molar-refractivity contribution in [3.05, 3.63) is 88.9 Å². The van der Waals surface area contributed by atoms with Gasteiger partial charge in [0.1, 0.15) is 5.75 Å². The first kappa shape index (κ1) is 23.9. The second-order valence-corrected chi connectivity index (χ2v) is 8.91. The van der Waals surface area contributed by atoms with Gasteiger partial charge >= 0.3 is 0 Å². The van der Waals surface area contributed by atoms with Gasteiger partial charge in [0.05, 0.1) is 36.2 Å². The van der Waals surface area contributed by atoms with Crippen LogP contribution in [0, 0.1) is 0 Å². The number of rotatable bonds is 10. The predicted octanol–water partition coefficient (Wildman–Crippen LogP) is 5.77. The monoisotopic (exact) mass is 492 g/mol. The average Bonchev–Trinajstić information content (AvgIpc) is 3.21. The predicted molar refractivity (Wildman–Crippen MR) is 139 cm³/mol. The molecule has 0 aliphatic carbocycles. The van der Waals surface area contributed by atoms with Gasteiger partial charge in [-0.2, -0.15) is 5.10 Å². The van der Waals surface area contributed by atoms with Crippen molar-refractivity contribution >= 4 is 46.5 Å². The van der Waals surface area contributed by atoms with Crippen LogP contribution in [0.5, 0.6) is 5.75 Å². The third-order valence-corrected chi connectivity index (χ3v) is 6.34. The number of nitrogens with zero attached hydrogens (tertiary/aromatic N) is 3. The molecule has 0 spiro atoms. The summed E-state index contributed by atoms with van der Waals surface area (Å²) in [6, 6.07) is 23.2. The van der Waals surface area contributed by atoms with Crippen molar-refractivity contribution < 1.29 is 9.53 Å². The topological polar surface area (TPSA) is 68.5 Å². The maximum absolute atomic E-state index is 12.4. The fraction of sp³-hybridized carbons (Fsp3) is 0.192. The molecule has 1 N–H and O–H groups in total. The number of benzene rings is 3. The van der Waals surface area contributed by atoms with E-state index in [9.17, 15) is 4.79 Å². The van der Waals surface area contributed by atoms with E-state index in [0.29, 0.717) is 18.2 Å². The molecular weight excluding hydrogens is 468 g/mol. The number of para-hydroxylation sites is 2. The van der Waals surface area contributed by atoms with Crippen LogP contribution in [0.4, 0.5) is 0 Å². The lowest BCUT2D eigenvalue weighted by Gasteiger charge is -2.10. The number of ether oxygens (including phenoxy) is 1. The Morgan fingerprint density at radius 3 is 2.68 bits per heavy atom. The van der Waals surface area contributed by atoms with Gasteiger partial charge in [-0.15, -0.1) is 0 Å². The molecule has 8 heteroatoms. The number of hydrogen-bond donors (Lipinski definition) is 1. The van der Waals surface area contributed by atoms with Crippen molar-refractivity contribution in [2.45, 2.75) is 25.0 Å². The molecule has 1 heterocycles. The van der Waals surface area contributed by atoms with Gasteiger partial charge < -0.3 is 9.30 Å². The van der Waals surface area contributed by atoms with E-state index < -0.39 is 0 Å². The summed E-state index contributed by atoms with van der Waals surface area (Å²) >= 11 is 7.75. The maximum atomic E-state index is 12.4. The number of hydrogen-bond acceptors (Lipinski definition) is 5. The number of imidazole rings is 1. The van der Waals surface area contributed by atoms with Crippen molar-refractivity contribution in [3.63, 3.8) is 0 Å². The Kier molecular flexibility index (Phi) is 8.22. The first-order valence-corrected chi connectivity index (χ1v) is 12.4. The van der Waals surface area contributed by atoms with Gasteiger partial charge in [-0.25, -0.2) is 10.4 Å². The molecule has 6 nitrogen and oxygen atoms in total. The molecule has 34 heavy (non-hydrogen) atoms. The summed E-state index contributed by atoms with van der Waals surface area (Å²) in [6.07, 6.45) is 2.57. The number of fused-ring (bicyclic) bond motifs is 1. The number of amides is 1. The van der Waals surface area contributed by atoms with Gasteiger partial charge in [0.25, 0.3) is 5.91 Å². The van der Waals surface area contributed by atoms with E-state index in [0.717, 1.165) is 39.5 Å². The number of nitrogens with one attached hydrogen (secondary N) is 1. The Bertz CT molecular complexity index is 1290. The van der Waals surface area contributed by atoms with Crippen LogP contribution in [0.3, 0.4) is 0 Å². The zero-order chi connectivity index (χ0) is 23.8. The minimum atomic E-state index is -0.208. The molecule has 0 fully saturated rings. The van der Waals surface area contributed by atoms with Gasteiger partial charge in [-0.1, -0.05) is 60.6 Å². The molecule has 1 amide bonds. The summed E-state index contributed by atoms with van der Waals surface area (Å²) in [5.74, 6) is 0.798. The molecule has 0 radical (unpaired) electrons. The first-order valence-electron chi connectivity index (χ1n) is 11.0. The highest BCUT2D eigenvalue weighted by molar-refractivity contribution is 7.99. The summed E-state index contributed by atoms with van der Waals surface area (Å²) in [7, 11) is 0. The van der Waals surface area contributed by atoms with Crippen LogP contribution in [-0.4, -0.2) is 34.0 Å². The van der Waals surface area contributed by atoms with Gasteiger partial charge in [0, 0.05) is 5.02 Å². The first-order chi connectivity index (χ1) is 16.6. The highest BCUT2D eigenvalue weighted by atomic mass is 35.5. The average molecular weight is 493 g/mol. The highest BCUT2D eigenvalue weighted by Gasteiger charge is 2.14. The standard InChI is InChI=1S/C26H25ClN4O2S/c1-2-15-33-21-13-11-19(12-14-21)16-28-30-25(32)18-34-26-29-23-9-5-6-10-24(23)31(26)17-20-7-3-4-8-22(20)27/h3-14,16H,2,15,17-18H2,1H3,(H,30,32)/b28-16+. The molecule has 0 aliphatic heterocycles. The van der Waals surface area contributed by atoms with Crippen molar-refractivity contribution in [2.24, 2.45) is 5.10 Å². The highest BCUT2D eigenvalue weighted by Crippen LogP contribution is 2.27. The van der Waals surface area contributed by atoms with Gasteiger partial charge in [0.2, 0.25) is 0 Å². The van der Waals surface area contributed by atoms with Crippen molar-refractivity contribution in [1.29, 1.82) is 0 Å². The van der Waals surface area contributed by atoms with Crippen LogP contribution in [0.1, 0.15) is 24.5 Å². The third kappa shape index (κ3) is 6.18. The molecule has 0 saturated heterocycles. The minimum Gasteiger partial charge on any atom is -0.494 e. The molecular formula is C26H25ClN4O2S. The normalized spacial score (nSPS) is 11.2. The van der Waals surface area contributed by atoms with E-state index in [1.807, 2.05) is 72.8 Å². The van der Waals surface area contributed by atoms with Crippen molar-refractivity contribution in [3.8, 4) is 5.75 Å². The van der Waals surface area contributed by atoms with Crippen molar-refractivity contribution in [2.75, 3.05) is 12.4 Å². The number of halogens is 1. The summed E-state index contributed by atoms with van der Waals surface area (Å²) in [5, 5.41) is 5.52. The zero-order valence-electron chi connectivity index (χ0n) is 18.8. The smallest absolute Gasteiger partial charge is 0.250 e. The molecule has 1 aromatic heterocycles. The summed E-state index contributed by atoms with van der Waals surface area (Å²) in [6.45, 7) is 3.32. The van der Waals surface area contributed by atoms with E-state index >= 15 is 0 Å². The molecule has 0 atom stereocenters. The quantitative estimate of drug-likeness (QED) is 0.173. The third-order valence-electron chi connectivity index (χ3n) is 4.99. The van der Waals surface area contributed by atoms with Crippen LogP contribution >= 0.6 is 23.4 Å².